The van der Waals surface area contributed by atoms with Crippen molar-refractivity contribution in [2.75, 3.05) is 13.7 Å². The Hall–Kier alpha value is -2.24. The molecule has 0 bridgehead atoms. The number of esters is 1. The number of methoxy groups -OCH3 is 1. The average Bonchev–Trinajstić information content (AvgIpc) is 2.78. The Bertz CT molecular complexity index is 597. The van der Waals surface area contributed by atoms with Gasteiger partial charge in [-0.2, -0.15) is 0 Å². The van der Waals surface area contributed by atoms with E-state index in [1.54, 1.807) is 0 Å². The first-order valence-corrected chi connectivity index (χ1v) is 6.25. The minimum atomic E-state index is -3.15. The lowest BCUT2D eigenvalue weighted by atomic mass is 9.84. The molecule has 1 aromatic carbocycles. The number of halogens is 2. The van der Waals surface area contributed by atoms with E-state index >= 15 is 0 Å². The van der Waals surface area contributed by atoms with Crippen LogP contribution in [0.25, 0.3) is 0 Å². The summed E-state index contributed by atoms with van der Waals surface area (Å²) in [4.78, 5) is 24.3. The lowest BCUT2D eigenvalue weighted by molar-refractivity contribution is -0.159. The number of alkyl halides is 2. The van der Waals surface area contributed by atoms with Crippen molar-refractivity contribution in [1.29, 1.82) is 0 Å². The van der Waals surface area contributed by atoms with Gasteiger partial charge in [0.25, 0.3) is 6.43 Å². The van der Waals surface area contributed by atoms with Crippen molar-refractivity contribution in [3.05, 3.63) is 42.0 Å². The van der Waals surface area contributed by atoms with Gasteiger partial charge in [0.05, 0.1) is 7.11 Å². The van der Waals surface area contributed by atoms with Crippen molar-refractivity contribution in [3.8, 4) is 5.75 Å². The van der Waals surface area contributed by atoms with Crippen LogP contribution in [0.4, 0.5) is 8.78 Å². The normalized spacial score (nSPS) is 20.3. The van der Waals surface area contributed by atoms with Crippen molar-refractivity contribution in [1.82, 2.24) is 0 Å². The highest BCUT2D eigenvalue weighted by Gasteiger charge is 2.59. The zero-order chi connectivity index (χ0) is 15.6. The molecule has 1 unspecified atom stereocenters. The summed E-state index contributed by atoms with van der Waals surface area (Å²) in [5.41, 5.74) is -2.01. The zero-order valence-electron chi connectivity index (χ0n) is 11.4. The SMILES string of the molecule is C=CCOC(=O)C1(C(F)F)Cc2cc(OC)ccc2C1=O. The number of hydrogen-bond donors (Lipinski definition) is 0. The summed E-state index contributed by atoms with van der Waals surface area (Å²) in [5, 5.41) is 0. The van der Waals surface area contributed by atoms with E-state index in [1.165, 1.54) is 31.4 Å². The monoisotopic (exact) mass is 296 g/mol. The lowest BCUT2D eigenvalue weighted by Crippen LogP contribution is -2.45. The van der Waals surface area contributed by atoms with Crippen LogP contribution in [0.1, 0.15) is 15.9 Å². The van der Waals surface area contributed by atoms with Gasteiger partial charge in [-0.15, -0.1) is 0 Å². The number of carbonyl (C=O) groups is 2. The van der Waals surface area contributed by atoms with E-state index in [-0.39, 0.29) is 12.2 Å². The molecule has 0 amide bonds. The van der Waals surface area contributed by atoms with Crippen LogP contribution < -0.4 is 4.74 Å². The van der Waals surface area contributed by atoms with Gasteiger partial charge in [-0.05, 0) is 23.8 Å². The Balaban J connectivity index is 2.44. The lowest BCUT2D eigenvalue weighted by Gasteiger charge is -2.23. The standard InChI is InChI=1S/C15H14F2O4/c1-3-6-21-14(19)15(13(16)17)8-9-7-10(20-2)4-5-11(9)12(15)18/h3-5,7,13H,1,6,8H2,2H3. The molecular formula is C15H14F2O4. The summed E-state index contributed by atoms with van der Waals surface area (Å²) in [6.07, 6.45) is -2.29. The molecule has 21 heavy (non-hydrogen) atoms. The number of benzene rings is 1. The first-order chi connectivity index (χ1) is 9.97. The number of ketones is 1. The minimum Gasteiger partial charge on any atom is -0.497 e. The molecule has 0 spiro atoms. The van der Waals surface area contributed by atoms with E-state index in [2.05, 4.69) is 6.58 Å². The maximum atomic E-state index is 13.5. The molecule has 0 aliphatic heterocycles. The van der Waals surface area contributed by atoms with Gasteiger partial charge in [-0.1, -0.05) is 12.7 Å². The third kappa shape index (κ3) is 2.30. The second-order valence-electron chi connectivity index (χ2n) is 4.69. The number of rotatable bonds is 5. The van der Waals surface area contributed by atoms with E-state index in [9.17, 15) is 18.4 Å². The molecule has 1 atom stereocenters. The van der Waals surface area contributed by atoms with Gasteiger partial charge >= 0.3 is 5.97 Å². The van der Waals surface area contributed by atoms with Crippen LogP contribution in [0.5, 0.6) is 5.75 Å². The third-order valence-electron chi connectivity index (χ3n) is 3.50. The van der Waals surface area contributed by atoms with E-state index in [0.717, 1.165) is 0 Å². The molecule has 0 radical (unpaired) electrons. The van der Waals surface area contributed by atoms with Gasteiger partial charge < -0.3 is 9.47 Å². The fraction of sp³-hybridized carbons (Fsp3) is 0.333. The molecule has 0 fully saturated rings. The van der Waals surface area contributed by atoms with Gasteiger partial charge in [0.15, 0.2) is 11.2 Å². The van der Waals surface area contributed by atoms with Crippen molar-refractivity contribution in [2.45, 2.75) is 12.8 Å². The smallest absolute Gasteiger partial charge is 0.326 e. The van der Waals surface area contributed by atoms with Crippen molar-refractivity contribution < 1.29 is 27.8 Å². The van der Waals surface area contributed by atoms with E-state index < -0.39 is 30.0 Å². The van der Waals surface area contributed by atoms with Crippen LogP contribution in [-0.4, -0.2) is 31.9 Å². The molecule has 0 N–H and O–H groups in total. The Morgan fingerprint density at radius 2 is 2.24 bits per heavy atom. The van der Waals surface area contributed by atoms with E-state index in [4.69, 9.17) is 9.47 Å². The van der Waals surface area contributed by atoms with Crippen molar-refractivity contribution >= 4 is 11.8 Å². The van der Waals surface area contributed by atoms with Crippen LogP contribution in [0.2, 0.25) is 0 Å². The Labute approximate surface area is 120 Å². The highest BCUT2D eigenvalue weighted by atomic mass is 19.3. The molecule has 0 aromatic heterocycles. The molecule has 112 valence electrons. The predicted molar refractivity (Wildman–Crippen MR) is 70.6 cm³/mol. The second-order valence-corrected chi connectivity index (χ2v) is 4.69. The van der Waals surface area contributed by atoms with Gasteiger partial charge in [0.2, 0.25) is 0 Å². The summed E-state index contributed by atoms with van der Waals surface area (Å²) >= 11 is 0. The maximum absolute atomic E-state index is 13.5. The summed E-state index contributed by atoms with van der Waals surface area (Å²) in [6, 6.07) is 4.37. The Morgan fingerprint density at radius 1 is 1.52 bits per heavy atom. The van der Waals surface area contributed by atoms with Crippen LogP contribution in [-0.2, 0) is 16.0 Å². The Kier molecular flexibility index (Phi) is 4.06. The summed E-state index contributed by atoms with van der Waals surface area (Å²) < 4.78 is 36.7. The first-order valence-electron chi connectivity index (χ1n) is 6.25. The molecule has 0 saturated carbocycles. The fourth-order valence-corrected chi connectivity index (χ4v) is 2.38. The molecule has 1 aliphatic carbocycles. The molecule has 1 aromatic rings. The minimum absolute atomic E-state index is 0.103. The van der Waals surface area contributed by atoms with Crippen LogP contribution >= 0.6 is 0 Å². The highest BCUT2D eigenvalue weighted by molar-refractivity contribution is 6.16. The van der Waals surface area contributed by atoms with Crippen LogP contribution in [0.3, 0.4) is 0 Å². The molecule has 6 heteroatoms. The molecule has 1 aliphatic rings. The summed E-state index contributed by atoms with van der Waals surface area (Å²) in [5.74, 6) is -1.70. The van der Waals surface area contributed by atoms with E-state index in [1.807, 2.05) is 0 Å². The van der Waals surface area contributed by atoms with Gasteiger partial charge in [-0.3, -0.25) is 9.59 Å². The largest absolute Gasteiger partial charge is 0.497 e. The van der Waals surface area contributed by atoms with E-state index in [0.29, 0.717) is 11.3 Å². The summed E-state index contributed by atoms with van der Waals surface area (Å²) in [7, 11) is 1.43. The average molecular weight is 296 g/mol. The van der Waals surface area contributed by atoms with Gasteiger partial charge in [-0.25, -0.2) is 8.78 Å². The third-order valence-corrected chi connectivity index (χ3v) is 3.50. The van der Waals surface area contributed by atoms with Crippen molar-refractivity contribution in [3.63, 3.8) is 0 Å². The molecule has 4 nitrogen and oxygen atoms in total. The number of ether oxygens (including phenoxy) is 2. The quantitative estimate of drug-likeness (QED) is 0.476. The van der Waals surface area contributed by atoms with Crippen LogP contribution in [0.15, 0.2) is 30.9 Å². The number of fused-ring (bicyclic) bond motifs is 1. The van der Waals surface area contributed by atoms with Crippen molar-refractivity contribution in [2.24, 2.45) is 5.41 Å². The highest BCUT2D eigenvalue weighted by Crippen LogP contribution is 2.43. The maximum Gasteiger partial charge on any atom is 0.326 e. The number of Topliss-reactive ketones (excluding diaryl/α,β-unsaturated/α-hetero) is 1. The summed E-state index contributed by atoms with van der Waals surface area (Å²) in [6.45, 7) is 3.12. The molecule has 0 heterocycles. The second kappa shape index (κ2) is 5.63. The first kappa shape index (κ1) is 15.2. The predicted octanol–water partition coefficient (Wildman–Crippen LogP) is 2.41. The molecule has 0 saturated heterocycles. The fourth-order valence-electron chi connectivity index (χ4n) is 2.38. The molecule has 2 rings (SSSR count). The molecular weight excluding hydrogens is 282 g/mol. The van der Waals surface area contributed by atoms with Gasteiger partial charge in [0.1, 0.15) is 12.4 Å². The van der Waals surface area contributed by atoms with Gasteiger partial charge in [0, 0.05) is 12.0 Å². The number of hydrogen-bond acceptors (Lipinski definition) is 4. The Morgan fingerprint density at radius 3 is 2.81 bits per heavy atom. The van der Waals surface area contributed by atoms with Crippen LogP contribution in [0, 0.1) is 5.41 Å². The number of carbonyl (C=O) groups excluding carboxylic acids is 2. The topological polar surface area (TPSA) is 52.6 Å². The zero-order valence-corrected chi connectivity index (χ0v) is 11.4.